The Bertz CT molecular complexity index is 2340. The molecule has 0 aliphatic carbocycles. The molecule has 2 aromatic carbocycles. The molecular weight excluding hydrogens is 751 g/mol. The number of nitrogens with zero attached hydrogens (tertiary/aromatic N) is 3. The molecule has 1 radical (unpaired) electrons. The molecule has 5 aromatic heterocycles. The first-order valence-electron chi connectivity index (χ1n) is 17.0. The molecule has 5 heterocycles. The van der Waals surface area contributed by atoms with Crippen LogP contribution in [-0.2, 0) is 26.5 Å². The number of hydrogen-bond donors (Lipinski definition) is 0. The van der Waals surface area contributed by atoms with E-state index in [0.29, 0.717) is 21.7 Å². The molecule has 7 rings (SSSR count). The third-order valence-corrected chi connectivity index (χ3v) is 8.58. The predicted octanol–water partition coefficient (Wildman–Crippen LogP) is 10.7. The minimum atomic E-state index is -2.32. The van der Waals surface area contributed by atoms with Gasteiger partial charge in [0.05, 0.1) is 5.58 Å². The molecule has 4 nitrogen and oxygen atoms in total. The van der Waals surface area contributed by atoms with Gasteiger partial charge in [-0.25, -0.2) is 4.98 Å². The van der Waals surface area contributed by atoms with E-state index in [4.69, 9.17) is 16.3 Å². The van der Waals surface area contributed by atoms with Gasteiger partial charge in [0.25, 0.3) is 0 Å². The van der Waals surface area contributed by atoms with Gasteiger partial charge in [-0.1, -0.05) is 62.4 Å². The predicted molar refractivity (Wildman–Crippen MR) is 184 cm³/mol. The van der Waals surface area contributed by atoms with Crippen LogP contribution in [0.25, 0.3) is 54.8 Å². The standard InChI is InChI=1S/C25H23N2OS.C14H14N.Ir/c1-14-9-10-18-17-7-6-8-19(22(17)28-23(18)26-14)20-12-11-16-15(2)21(13-25(3,4)5)29-24(16)27-20;1-10-4-6-13(7-5-10)14-8-11(2)12(3)9-15-14;/h6-7,9-12H,13H2,1-5H3;4-6,8-9H,1-3H3;/q2*-1;/i1D3,13D2;;. The fourth-order valence-electron chi connectivity index (χ4n) is 4.94. The summed E-state index contributed by atoms with van der Waals surface area (Å²) < 4.78 is 46.3. The summed E-state index contributed by atoms with van der Waals surface area (Å²) in [6, 6.07) is 25.4. The summed E-state index contributed by atoms with van der Waals surface area (Å²) in [4.78, 5) is 14.9. The summed E-state index contributed by atoms with van der Waals surface area (Å²) in [7, 11) is 0. The number of aromatic nitrogens is 3. The molecule has 0 atom stereocenters. The fraction of sp³-hybridized carbons (Fsp3) is 0.256. The van der Waals surface area contributed by atoms with Crippen LogP contribution in [0.3, 0.4) is 0 Å². The van der Waals surface area contributed by atoms with Crippen molar-refractivity contribution in [3.8, 4) is 22.5 Å². The Hall–Kier alpha value is -3.70. The quantitative estimate of drug-likeness (QED) is 0.167. The van der Waals surface area contributed by atoms with Gasteiger partial charge in [0, 0.05) is 54.5 Å². The van der Waals surface area contributed by atoms with Crippen LogP contribution in [0.5, 0.6) is 0 Å². The average Bonchev–Trinajstić information content (AvgIpc) is 3.59. The van der Waals surface area contributed by atoms with Crippen LogP contribution in [0, 0.1) is 52.1 Å². The van der Waals surface area contributed by atoms with Crippen molar-refractivity contribution < 1.29 is 31.4 Å². The van der Waals surface area contributed by atoms with Gasteiger partial charge >= 0.3 is 0 Å². The molecule has 0 aliphatic rings. The molecule has 0 unspecified atom stereocenters. The van der Waals surface area contributed by atoms with Gasteiger partial charge in [0.2, 0.25) is 5.71 Å². The molecule has 6 heteroatoms. The van der Waals surface area contributed by atoms with Crippen molar-refractivity contribution in [1.82, 2.24) is 15.0 Å². The normalized spacial score (nSPS) is 13.7. The monoisotopic (exact) mass is 793 g/mol. The molecule has 45 heavy (non-hydrogen) atoms. The minimum Gasteiger partial charge on any atom is -0.486 e. The van der Waals surface area contributed by atoms with Gasteiger partial charge in [-0.15, -0.1) is 64.9 Å². The Morgan fingerprint density at radius 2 is 1.69 bits per heavy atom. The summed E-state index contributed by atoms with van der Waals surface area (Å²) in [5, 5.41) is 2.46. The van der Waals surface area contributed by atoms with Crippen LogP contribution in [0.4, 0.5) is 0 Å². The van der Waals surface area contributed by atoms with Crippen LogP contribution in [0.1, 0.15) is 60.4 Å². The summed E-state index contributed by atoms with van der Waals surface area (Å²) in [5.41, 5.74) is 8.22. The van der Waals surface area contributed by atoms with Crippen molar-refractivity contribution >= 4 is 43.6 Å². The summed E-state index contributed by atoms with van der Waals surface area (Å²) in [5.74, 6) is 0. The van der Waals surface area contributed by atoms with E-state index in [9.17, 15) is 0 Å². The van der Waals surface area contributed by atoms with Crippen LogP contribution in [0.15, 0.2) is 71.3 Å². The van der Waals surface area contributed by atoms with Gasteiger partial charge < -0.3 is 9.40 Å². The van der Waals surface area contributed by atoms with Crippen molar-refractivity contribution in [2.24, 2.45) is 5.41 Å². The molecule has 0 bridgehead atoms. The Morgan fingerprint density at radius 3 is 2.40 bits per heavy atom. The summed E-state index contributed by atoms with van der Waals surface area (Å²) >= 11 is 1.38. The van der Waals surface area contributed by atoms with Crippen molar-refractivity contribution in [2.75, 3.05) is 0 Å². The Morgan fingerprint density at radius 1 is 0.889 bits per heavy atom. The first-order chi connectivity index (χ1) is 23.0. The summed E-state index contributed by atoms with van der Waals surface area (Å²) in [6.45, 7) is 11.6. The van der Waals surface area contributed by atoms with Gasteiger partial charge in [-0.2, -0.15) is 0 Å². The molecule has 0 aliphatic heterocycles. The van der Waals surface area contributed by atoms with Gasteiger partial charge in [-0.05, 0) is 74.1 Å². The summed E-state index contributed by atoms with van der Waals surface area (Å²) in [6.07, 6.45) is 0.415. The molecule has 0 N–H and O–H groups in total. The van der Waals surface area contributed by atoms with E-state index < -0.39 is 18.6 Å². The molecule has 0 amide bonds. The zero-order valence-corrected chi connectivity index (χ0v) is 29.6. The molecule has 7 aromatic rings. The molecule has 0 saturated carbocycles. The van der Waals surface area contributed by atoms with Crippen LogP contribution < -0.4 is 0 Å². The maximum atomic E-state index is 8.72. The molecule has 231 valence electrons. The Balaban J connectivity index is 0.000000255. The van der Waals surface area contributed by atoms with Crippen molar-refractivity contribution in [3.05, 3.63) is 112 Å². The largest absolute Gasteiger partial charge is 0.486 e. The molecular formula is C39H37IrN3OS-2. The molecule has 0 spiro atoms. The number of thiophene rings is 1. The smallest absolute Gasteiger partial charge is 0.216 e. The Labute approximate surface area is 290 Å². The topological polar surface area (TPSA) is 51.8 Å². The van der Waals surface area contributed by atoms with Crippen LogP contribution in [-0.4, -0.2) is 15.0 Å². The van der Waals surface area contributed by atoms with E-state index in [1.807, 2.05) is 58.2 Å². The number of rotatable bonds is 3. The third-order valence-electron chi connectivity index (χ3n) is 7.46. The van der Waals surface area contributed by atoms with Gasteiger partial charge in [0.1, 0.15) is 4.83 Å². The average molecular weight is 793 g/mol. The third kappa shape index (κ3) is 6.94. The SMILES string of the molecule is Cc1c[c-]c(-c2cc(C)c(C)cn2)cc1.[2H]C([2H])([2H])c1ccc2c(n1)oc1c(-c3ccc4c(C)c(C([2H])([2H])C(C)(C)C)sc4n3)[c-]ccc12.[Ir]. The van der Waals surface area contributed by atoms with E-state index in [1.165, 1.54) is 34.1 Å². The van der Waals surface area contributed by atoms with E-state index in [-0.39, 0.29) is 31.5 Å². The molecule has 0 saturated heterocycles. The van der Waals surface area contributed by atoms with E-state index in [0.717, 1.165) is 37.8 Å². The zero-order valence-electron chi connectivity index (χ0n) is 31.3. The second-order valence-corrected chi connectivity index (χ2v) is 13.2. The van der Waals surface area contributed by atoms with Gasteiger partial charge in [-0.3, -0.25) is 4.98 Å². The van der Waals surface area contributed by atoms with E-state index in [2.05, 4.69) is 61.1 Å². The number of hydrogen-bond acceptors (Lipinski definition) is 5. The zero-order chi connectivity index (χ0) is 35.5. The first kappa shape index (κ1) is 26.5. The Kier molecular flexibility index (Phi) is 7.64. The molecule has 0 fully saturated rings. The van der Waals surface area contributed by atoms with E-state index in [1.54, 1.807) is 12.1 Å². The number of furan rings is 1. The van der Waals surface area contributed by atoms with Crippen molar-refractivity contribution in [1.29, 1.82) is 0 Å². The van der Waals surface area contributed by atoms with Crippen molar-refractivity contribution in [2.45, 2.75) is 61.7 Å². The maximum Gasteiger partial charge on any atom is 0.216 e. The maximum absolute atomic E-state index is 8.72. The first-order valence-corrected chi connectivity index (χ1v) is 15.3. The minimum absolute atomic E-state index is 0. The van der Waals surface area contributed by atoms with Crippen molar-refractivity contribution in [3.63, 3.8) is 0 Å². The number of benzene rings is 2. The number of aryl methyl sites for hydroxylation is 5. The van der Waals surface area contributed by atoms with Crippen LogP contribution >= 0.6 is 11.3 Å². The fourth-order valence-corrected chi connectivity index (χ4v) is 6.23. The second-order valence-electron chi connectivity index (χ2n) is 12.2. The van der Waals surface area contributed by atoms with Crippen LogP contribution in [0.2, 0.25) is 0 Å². The second kappa shape index (κ2) is 13.0. The number of pyridine rings is 3. The van der Waals surface area contributed by atoms with Gasteiger partial charge in [0.15, 0.2) is 0 Å². The number of fused-ring (bicyclic) bond motifs is 4. The van der Waals surface area contributed by atoms with E-state index >= 15 is 0 Å².